The molecule has 124 valence electrons. The van der Waals surface area contributed by atoms with Gasteiger partial charge in [0.2, 0.25) is 0 Å². The van der Waals surface area contributed by atoms with Crippen LogP contribution in [0.1, 0.15) is 24.0 Å². The second-order valence-corrected chi connectivity index (χ2v) is 7.16. The molecule has 0 unspecified atom stereocenters. The lowest BCUT2D eigenvalue weighted by Gasteiger charge is -2.43. The lowest BCUT2D eigenvalue weighted by atomic mass is 9.71. The largest absolute Gasteiger partial charge is 0.295 e. The molecule has 3 rings (SSSR count). The lowest BCUT2D eigenvalue weighted by Crippen LogP contribution is -2.49. The summed E-state index contributed by atoms with van der Waals surface area (Å²) in [6, 6.07) is 20.8. The number of likely N-dealkylation sites (tertiary alicyclic amines) is 1. The summed E-state index contributed by atoms with van der Waals surface area (Å²) in [5.74, 6) is 0.532. The molecule has 0 bridgehead atoms. The van der Waals surface area contributed by atoms with Crippen molar-refractivity contribution in [1.29, 1.82) is 5.26 Å². The van der Waals surface area contributed by atoms with E-state index in [1.54, 1.807) is 0 Å². The van der Waals surface area contributed by atoms with Crippen LogP contribution in [0.3, 0.4) is 0 Å². The predicted molar refractivity (Wildman–Crippen MR) is 99.3 cm³/mol. The van der Waals surface area contributed by atoms with Gasteiger partial charge in [-0.05, 0) is 36.1 Å². The molecular formula is C20H20Cl2N2. The van der Waals surface area contributed by atoms with Gasteiger partial charge in [-0.2, -0.15) is 5.26 Å². The summed E-state index contributed by atoms with van der Waals surface area (Å²) in [5, 5.41) is 10.6. The summed E-state index contributed by atoms with van der Waals surface area (Å²) < 4.78 is 0. The van der Waals surface area contributed by atoms with Crippen molar-refractivity contribution in [2.24, 2.45) is 0 Å². The Kier molecular flexibility index (Phi) is 5.46. The minimum atomic E-state index is -0.433. The van der Waals surface area contributed by atoms with Gasteiger partial charge in [-0.25, -0.2) is 0 Å². The van der Waals surface area contributed by atoms with E-state index in [2.05, 4.69) is 35.2 Å². The molecule has 1 aliphatic heterocycles. The number of alkyl halides is 1. The van der Waals surface area contributed by atoms with Gasteiger partial charge in [0.25, 0.3) is 0 Å². The first-order chi connectivity index (χ1) is 11.7. The molecule has 2 nitrogen and oxygen atoms in total. The maximum absolute atomic E-state index is 9.89. The molecule has 0 aliphatic carbocycles. The van der Waals surface area contributed by atoms with E-state index in [0.717, 1.165) is 36.5 Å². The molecule has 2 aromatic rings. The molecule has 2 atom stereocenters. The Bertz CT molecular complexity index is 709. The number of rotatable bonds is 4. The summed E-state index contributed by atoms with van der Waals surface area (Å²) in [4.78, 5) is 2.38. The van der Waals surface area contributed by atoms with Gasteiger partial charge in [-0.15, -0.1) is 11.6 Å². The lowest BCUT2D eigenvalue weighted by molar-refractivity contribution is 0.119. The van der Waals surface area contributed by atoms with Gasteiger partial charge in [0.15, 0.2) is 0 Å². The molecule has 0 N–H and O–H groups in total. The molecule has 0 spiro atoms. The molecular weight excluding hydrogens is 339 g/mol. The van der Waals surface area contributed by atoms with E-state index < -0.39 is 5.41 Å². The van der Waals surface area contributed by atoms with Crippen LogP contribution in [0.5, 0.6) is 0 Å². The average molecular weight is 359 g/mol. The highest BCUT2D eigenvalue weighted by atomic mass is 35.5. The summed E-state index contributed by atoms with van der Waals surface area (Å²) in [5.41, 5.74) is 1.89. The van der Waals surface area contributed by atoms with Gasteiger partial charge in [0.1, 0.15) is 0 Å². The molecule has 24 heavy (non-hydrogen) atoms. The molecule has 4 heteroatoms. The van der Waals surface area contributed by atoms with Crippen LogP contribution >= 0.6 is 23.2 Å². The van der Waals surface area contributed by atoms with Gasteiger partial charge in [-0.3, -0.25) is 4.90 Å². The average Bonchev–Trinajstić information content (AvgIpc) is 2.65. The van der Waals surface area contributed by atoms with Gasteiger partial charge >= 0.3 is 0 Å². The van der Waals surface area contributed by atoms with Gasteiger partial charge in [0.05, 0.1) is 11.5 Å². The Morgan fingerprint density at radius 3 is 2.46 bits per heavy atom. The van der Waals surface area contributed by atoms with Crippen LogP contribution in [0.4, 0.5) is 0 Å². The third-order valence-electron chi connectivity index (χ3n) is 4.94. The number of nitrogens with zero attached hydrogens (tertiary/aromatic N) is 2. The monoisotopic (exact) mass is 358 g/mol. The number of halogens is 2. The molecule has 0 saturated carbocycles. The minimum absolute atomic E-state index is 0.191. The Labute approximate surface area is 153 Å². The van der Waals surface area contributed by atoms with E-state index in [4.69, 9.17) is 23.2 Å². The van der Waals surface area contributed by atoms with Gasteiger partial charge < -0.3 is 0 Å². The first-order valence-corrected chi connectivity index (χ1v) is 9.09. The van der Waals surface area contributed by atoms with E-state index in [1.165, 1.54) is 5.56 Å². The van der Waals surface area contributed by atoms with Crippen LogP contribution in [-0.4, -0.2) is 23.4 Å². The summed E-state index contributed by atoms with van der Waals surface area (Å²) in [6.07, 6.45) is 1.60. The Morgan fingerprint density at radius 1 is 1.12 bits per heavy atom. The van der Waals surface area contributed by atoms with Gasteiger partial charge in [-0.1, -0.05) is 54.1 Å². The van der Waals surface area contributed by atoms with E-state index in [0.29, 0.717) is 5.88 Å². The van der Waals surface area contributed by atoms with Crippen LogP contribution in [-0.2, 0) is 12.0 Å². The maximum Gasteiger partial charge on any atom is 0.0849 e. The van der Waals surface area contributed by atoms with E-state index in [9.17, 15) is 5.26 Å². The molecule has 1 heterocycles. The second-order valence-electron chi connectivity index (χ2n) is 6.42. The van der Waals surface area contributed by atoms with Crippen LogP contribution < -0.4 is 0 Å². The number of hydrogen-bond donors (Lipinski definition) is 0. The second kappa shape index (κ2) is 7.57. The highest BCUT2D eigenvalue weighted by molar-refractivity contribution is 6.30. The first-order valence-electron chi connectivity index (χ1n) is 8.18. The van der Waals surface area contributed by atoms with E-state index in [1.807, 2.05) is 30.3 Å². The highest BCUT2D eigenvalue weighted by Gasteiger charge is 2.41. The molecule has 0 aromatic heterocycles. The normalized spacial score (nSPS) is 24.5. The van der Waals surface area contributed by atoms with Crippen LogP contribution in [0.25, 0.3) is 0 Å². The molecule has 1 saturated heterocycles. The molecule has 2 aromatic carbocycles. The quantitative estimate of drug-likeness (QED) is 0.718. The number of hydrogen-bond acceptors (Lipinski definition) is 2. The van der Waals surface area contributed by atoms with Crippen molar-refractivity contribution < 1.29 is 0 Å². The van der Waals surface area contributed by atoms with Gasteiger partial charge in [0, 0.05) is 30.0 Å². The molecule has 0 radical (unpaired) electrons. The van der Waals surface area contributed by atoms with E-state index in [-0.39, 0.29) is 6.04 Å². The molecule has 0 amide bonds. The smallest absolute Gasteiger partial charge is 0.0849 e. The zero-order valence-corrected chi connectivity index (χ0v) is 15.0. The van der Waals surface area contributed by atoms with Crippen LogP contribution in [0.2, 0.25) is 5.02 Å². The fourth-order valence-corrected chi connectivity index (χ4v) is 3.95. The zero-order valence-electron chi connectivity index (χ0n) is 13.5. The summed E-state index contributed by atoms with van der Waals surface area (Å²) in [6.45, 7) is 1.70. The van der Waals surface area contributed by atoms with Crippen molar-refractivity contribution in [1.82, 2.24) is 4.90 Å². The number of piperidine rings is 1. The third-order valence-corrected chi connectivity index (χ3v) is 5.55. The predicted octanol–water partition coefficient (Wildman–Crippen LogP) is 5.00. The molecule has 1 fully saturated rings. The zero-order chi connectivity index (χ0) is 17.0. The Balaban J connectivity index is 1.78. The van der Waals surface area contributed by atoms with Crippen molar-refractivity contribution in [2.75, 3.05) is 12.4 Å². The van der Waals surface area contributed by atoms with Crippen molar-refractivity contribution in [3.8, 4) is 6.07 Å². The summed E-state index contributed by atoms with van der Waals surface area (Å²) in [7, 11) is 0. The van der Waals surface area contributed by atoms with Crippen LogP contribution in [0, 0.1) is 11.3 Å². The van der Waals surface area contributed by atoms with Crippen LogP contribution in [0.15, 0.2) is 54.6 Å². The Morgan fingerprint density at radius 2 is 1.83 bits per heavy atom. The standard InChI is InChI=1S/C20H20Cl2N2/c21-13-19-12-20(15-23,17-4-2-1-3-5-17)10-11-24(19)14-16-6-8-18(22)9-7-16/h1-9,19H,10-14H2/t19-,20+/m1/s1. The fraction of sp³-hybridized carbons (Fsp3) is 0.350. The van der Waals surface area contributed by atoms with Crippen molar-refractivity contribution in [3.63, 3.8) is 0 Å². The summed E-state index contributed by atoms with van der Waals surface area (Å²) >= 11 is 12.2. The fourth-order valence-electron chi connectivity index (χ4n) is 3.52. The highest BCUT2D eigenvalue weighted by Crippen LogP contribution is 2.38. The molecule has 1 aliphatic rings. The minimum Gasteiger partial charge on any atom is -0.295 e. The first kappa shape index (κ1) is 17.3. The SMILES string of the molecule is N#C[C@]1(c2ccccc2)CCN(Cc2ccc(Cl)cc2)[C@@H](CCl)C1. The number of nitriles is 1. The maximum atomic E-state index is 9.89. The topological polar surface area (TPSA) is 27.0 Å². The van der Waals surface area contributed by atoms with E-state index >= 15 is 0 Å². The Hall–Kier alpha value is -1.53. The number of benzene rings is 2. The van der Waals surface area contributed by atoms with Crippen molar-refractivity contribution >= 4 is 23.2 Å². The van der Waals surface area contributed by atoms with Crippen molar-refractivity contribution in [2.45, 2.75) is 30.8 Å². The van der Waals surface area contributed by atoms with Crippen molar-refractivity contribution in [3.05, 3.63) is 70.7 Å². The third kappa shape index (κ3) is 3.59.